The van der Waals surface area contributed by atoms with E-state index < -0.39 is 5.97 Å². The molecule has 0 amide bonds. The number of pyridine rings is 1. The third-order valence-corrected chi connectivity index (χ3v) is 4.56. The lowest BCUT2D eigenvalue weighted by atomic mass is 9.95. The van der Waals surface area contributed by atoms with Crippen LogP contribution in [-0.2, 0) is 0 Å². The minimum absolute atomic E-state index is 0.109. The first-order valence-electron chi connectivity index (χ1n) is 6.29. The van der Waals surface area contributed by atoms with Gasteiger partial charge in [0.25, 0.3) is 0 Å². The summed E-state index contributed by atoms with van der Waals surface area (Å²) in [6.07, 6.45) is 6.52. The van der Waals surface area contributed by atoms with Crippen LogP contribution in [-0.4, -0.2) is 22.1 Å². The molecular formula is C13H15ClN2O2. The third kappa shape index (κ3) is 1.94. The van der Waals surface area contributed by atoms with Crippen molar-refractivity contribution >= 4 is 23.4 Å². The molecule has 0 radical (unpaired) electrons. The summed E-state index contributed by atoms with van der Waals surface area (Å²) < 4.78 is 0. The molecule has 2 fully saturated rings. The number of rotatable bonds is 3. The van der Waals surface area contributed by atoms with Gasteiger partial charge in [-0.1, -0.05) is 18.0 Å². The van der Waals surface area contributed by atoms with Gasteiger partial charge in [-0.2, -0.15) is 0 Å². The van der Waals surface area contributed by atoms with Crippen molar-refractivity contribution in [2.24, 2.45) is 11.8 Å². The molecule has 0 spiro atoms. The molecule has 0 aromatic carbocycles. The summed E-state index contributed by atoms with van der Waals surface area (Å²) >= 11 is 6.08. The van der Waals surface area contributed by atoms with E-state index in [1.54, 1.807) is 0 Å². The number of carboxylic acid groups (broad SMARTS) is 1. The zero-order valence-corrected chi connectivity index (χ0v) is 10.7. The van der Waals surface area contributed by atoms with E-state index in [9.17, 15) is 4.79 Å². The van der Waals surface area contributed by atoms with Gasteiger partial charge in [0.15, 0.2) is 0 Å². The second-order valence-electron chi connectivity index (χ2n) is 5.25. The summed E-state index contributed by atoms with van der Waals surface area (Å²) in [6.45, 7) is 0. The average molecular weight is 267 g/mol. The van der Waals surface area contributed by atoms with Gasteiger partial charge in [0.05, 0.1) is 10.6 Å². The van der Waals surface area contributed by atoms with Gasteiger partial charge in [-0.05, 0) is 37.2 Å². The van der Waals surface area contributed by atoms with Crippen LogP contribution in [0.3, 0.4) is 0 Å². The SMILES string of the molecule is O=C(O)c1ccnc(NC2CC3CCC2C3)c1Cl. The summed E-state index contributed by atoms with van der Waals surface area (Å²) in [5, 5.41) is 12.6. The highest BCUT2D eigenvalue weighted by molar-refractivity contribution is 6.35. The van der Waals surface area contributed by atoms with E-state index in [-0.39, 0.29) is 10.6 Å². The van der Waals surface area contributed by atoms with Crippen molar-refractivity contribution in [1.29, 1.82) is 0 Å². The quantitative estimate of drug-likeness (QED) is 0.883. The van der Waals surface area contributed by atoms with Crippen LogP contribution in [0.15, 0.2) is 12.3 Å². The number of carboxylic acids is 1. The first kappa shape index (κ1) is 11.8. The number of halogens is 1. The van der Waals surface area contributed by atoms with Gasteiger partial charge in [-0.15, -0.1) is 0 Å². The third-order valence-electron chi connectivity index (χ3n) is 4.18. The summed E-state index contributed by atoms with van der Waals surface area (Å²) in [4.78, 5) is 15.2. The van der Waals surface area contributed by atoms with Crippen molar-refractivity contribution in [3.05, 3.63) is 22.8 Å². The minimum Gasteiger partial charge on any atom is -0.478 e. The first-order chi connectivity index (χ1) is 8.65. The van der Waals surface area contributed by atoms with Crippen molar-refractivity contribution in [2.45, 2.75) is 31.7 Å². The molecule has 2 saturated carbocycles. The lowest BCUT2D eigenvalue weighted by Crippen LogP contribution is -2.26. The van der Waals surface area contributed by atoms with Gasteiger partial charge in [-0.25, -0.2) is 9.78 Å². The Bertz CT molecular complexity index is 492. The van der Waals surface area contributed by atoms with E-state index in [0.717, 1.165) is 12.3 Å². The number of nitrogens with one attached hydrogen (secondary N) is 1. The summed E-state index contributed by atoms with van der Waals surface area (Å²) in [6, 6.07) is 1.83. The summed E-state index contributed by atoms with van der Waals surface area (Å²) in [7, 11) is 0. The molecule has 2 N–H and O–H groups in total. The van der Waals surface area contributed by atoms with Crippen LogP contribution < -0.4 is 5.32 Å². The number of aromatic nitrogens is 1. The maximum Gasteiger partial charge on any atom is 0.337 e. The predicted molar refractivity (Wildman–Crippen MR) is 69.1 cm³/mol. The molecule has 2 aliphatic carbocycles. The number of nitrogens with zero attached hydrogens (tertiary/aromatic N) is 1. The standard InChI is InChI=1S/C13H15ClN2O2/c14-11-9(13(17)18)3-4-15-12(11)16-10-6-7-1-2-8(10)5-7/h3-4,7-8,10H,1-2,5-6H2,(H,15,16)(H,17,18). The number of anilines is 1. The second kappa shape index (κ2) is 4.43. The van der Waals surface area contributed by atoms with Crippen molar-refractivity contribution in [1.82, 2.24) is 4.98 Å². The van der Waals surface area contributed by atoms with Crippen LogP contribution in [0, 0.1) is 11.8 Å². The highest BCUT2D eigenvalue weighted by Crippen LogP contribution is 2.45. The Labute approximate surface area is 110 Å². The van der Waals surface area contributed by atoms with Gasteiger partial charge >= 0.3 is 5.97 Å². The highest BCUT2D eigenvalue weighted by Gasteiger charge is 2.39. The van der Waals surface area contributed by atoms with Crippen LogP contribution in [0.1, 0.15) is 36.0 Å². The number of aromatic carboxylic acids is 1. The van der Waals surface area contributed by atoms with Crippen LogP contribution >= 0.6 is 11.6 Å². The molecule has 5 heteroatoms. The van der Waals surface area contributed by atoms with E-state index in [2.05, 4.69) is 10.3 Å². The van der Waals surface area contributed by atoms with E-state index in [1.165, 1.54) is 31.5 Å². The van der Waals surface area contributed by atoms with Crippen LogP contribution in [0.2, 0.25) is 5.02 Å². The second-order valence-corrected chi connectivity index (χ2v) is 5.63. The fourth-order valence-electron chi connectivity index (χ4n) is 3.31. The van der Waals surface area contributed by atoms with Crippen LogP contribution in [0.25, 0.3) is 0 Å². The van der Waals surface area contributed by atoms with E-state index in [1.807, 2.05) is 0 Å². The summed E-state index contributed by atoms with van der Waals surface area (Å²) in [5.74, 6) is 1.02. The first-order valence-corrected chi connectivity index (χ1v) is 6.67. The fourth-order valence-corrected chi connectivity index (χ4v) is 3.55. The Morgan fingerprint density at radius 1 is 1.44 bits per heavy atom. The molecule has 18 heavy (non-hydrogen) atoms. The molecule has 2 aliphatic rings. The Morgan fingerprint density at radius 2 is 2.28 bits per heavy atom. The largest absolute Gasteiger partial charge is 0.478 e. The number of carbonyl (C=O) groups is 1. The molecule has 3 atom stereocenters. The lowest BCUT2D eigenvalue weighted by Gasteiger charge is -2.24. The molecule has 4 nitrogen and oxygen atoms in total. The Hall–Kier alpha value is -1.29. The molecule has 1 heterocycles. The summed E-state index contributed by atoms with van der Waals surface area (Å²) in [5.41, 5.74) is 0.109. The number of fused-ring (bicyclic) bond motifs is 2. The van der Waals surface area contributed by atoms with Gasteiger partial charge in [0, 0.05) is 12.2 Å². The topological polar surface area (TPSA) is 62.2 Å². The number of hydrogen-bond acceptors (Lipinski definition) is 3. The maximum absolute atomic E-state index is 11.0. The van der Waals surface area contributed by atoms with Crippen LogP contribution in [0.4, 0.5) is 5.82 Å². The zero-order chi connectivity index (χ0) is 12.7. The zero-order valence-electron chi connectivity index (χ0n) is 9.90. The molecule has 3 unspecified atom stereocenters. The molecule has 96 valence electrons. The Morgan fingerprint density at radius 3 is 2.89 bits per heavy atom. The molecule has 0 aliphatic heterocycles. The molecule has 3 rings (SSSR count). The van der Waals surface area contributed by atoms with Crippen molar-refractivity contribution in [3.63, 3.8) is 0 Å². The average Bonchev–Trinajstić information content (AvgIpc) is 2.93. The van der Waals surface area contributed by atoms with Gasteiger partial charge in [0.1, 0.15) is 5.82 Å². The van der Waals surface area contributed by atoms with E-state index in [4.69, 9.17) is 16.7 Å². The number of hydrogen-bond donors (Lipinski definition) is 2. The van der Waals surface area contributed by atoms with Crippen molar-refractivity contribution in [2.75, 3.05) is 5.32 Å². The molecular weight excluding hydrogens is 252 g/mol. The van der Waals surface area contributed by atoms with Crippen molar-refractivity contribution in [3.8, 4) is 0 Å². The highest BCUT2D eigenvalue weighted by atomic mass is 35.5. The van der Waals surface area contributed by atoms with Gasteiger partial charge in [0.2, 0.25) is 0 Å². The Kier molecular flexibility index (Phi) is 2.90. The van der Waals surface area contributed by atoms with E-state index >= 15 is 0 Å². The van der Waals surface area contributed by atoms with E-state index in [0.29, 0.717) is 17.8 Å². The van der Waals surface area contributed by atoms with Crippen molar-refractivity contribution < 1.29 is 9.90 Å². The fraction of sp³-hybridized carbons (Fsp3) is 0.538. The predicted octanol–water partition coefficient (Wildman–Crippen LogP) is 3.03. The minimum atomic E-state index is -1.02. The molecule has 0 saturated heterocycles. The molecule has 2 bridgehead atoms. The maximum atomic E-state index is 11.0. The lowest BCUT2D eigenvalue weighted by molar-refractivity contribution is 0.0697. The van der Waals surface area contributed by atoms with Gasteiger partial charge in [-0.3, -0.25) is 0 Å². The molecule has 1 aromatic heterocycles. The van der Waals surface area contributed by atoms with Crippen LogP contribution in [0.5, 0.6) is 0 Å². The van der Waals surface area contributed by atoms with Gasteiger partial charge < -0.3 is 10.4 Å². The normalized spacial score (nSPS) is 29.5. The Balaban J connectivity index is 1.81. The monoisotopic (exact) mass is 266 g/mol. The smallest absolute Gasteiger partial charge is 0.337 e. The molecule has 1 aromatic rings.